The van der Waals surface area contributed by atoms with Gasteiger partial charge >= 0.3 is 0 Å². The van der Waals surface area contributed by atoms with E-state index in [1.165, 1.54) is 19.4 Å². The van der Waals surface area contributed by atoms with Crippen molar-refractivity contribution in [2.24, 2.45) is 5.92 Å². The zero-order valence-electron chi connectivity index (χ0n) is 14.8. The van der Waals surface area contributed by atoms with Crippen LogP contribution in [0, 0.1) is 5.92 Å². The molecule has 2 saturated heterocycles. The lowest BCUT2D eigenvalue weighted by atomic mass is 10.1. The Hall–Kier alpha value is -0.650. The molecule has 22 heavy (non-hydrogen) atoms. The number of likely N-dealkylation sites (tertiary alicyclic amines) is 1. The normalized spacial score (nSPS) is 29.0. The molecule has 5 nitrogen and oxygen atoms in total. The molecule has 2 fully saturated rings. The average Bonchev–Trinajstić information content (AvgIpc) is 2.84. The van der Waals surface area contributed by atoms with Crippen molar-refractivity contribution in [1.82, 2.24) is 20.0 Å². The molecule has 3 unspecified atom stereocenters. The predicted octanol–water partition coefficient (Wildman–Crippen LogP) is 0.859. The molecule has 0 aromatic heterocycles. The first kappa shape index (κ1) is 17.7. The predicted molar refractivity (Wildman–Crippen MR) is 91.0 cm³/mol. The third kappa shape index (κ3) is 4.43. The number of carbonyl (C=O) groups is 1. The summed E-state index contributed by atoms with van der Waals surface area (Å²) in [6.07, 6.45) is 2.68. The van der Waals surface area contributed by atoms with Crippen LogP contribution in [0.4, 0.5) is 0 Å². The van der Waals surface area contributed by atoms with Crippen molar-refractivity contribution in [3.63, 3.8) is 0 Å². The van der Waals surface area contributed by atoms with Crippen LogP contribution < -0.4 is 5.32 Å². The summed E-state index contributed by atoms with van der Waals surface area (Å²) in [5, 5.41) is 3.09. The maximum absolute atomic E-state index is 12.3. The highest BCUT2D eigenvalue weighted by Gasteiger charge is 2.28. The highest BCUT2D eigenvalue weighted by molar-refractivity contribution is 5.78. The lowest BCUT2D eigenvalue weighted by Crippen LogP contribution is -2.52. The SMILES string of the molecule is CNCC(C)C(=O)N1CCN(CCN2C(C)CCC2C)CC1. The molecule has 5 heteroatoms. The first-order valence-electron chi connectivity index (χ1n) is 8.94. The van der Waals surface area contributed by atoms with E-state index in [0.717, 1.165) is 51.4 Å². The number of rotatable bonds is 6. The van der Waals surface area contributed by atoms with Gasteiger partial charge in [0.15, 0.2) is 0 Å². The molecule has 0 aromatic rings. The van der Waals surface area contributed by atoms with Crippen molar-refractivity contribution in [2.75, 3.05) is 52.9 Å². The Balaban J connectivity index is 1.70. The highest BCUT2D eigenvalue weighted by Crippen LogP contribution is 2.22. The van der Waals surface area contributed by atoms with Gasteiger partial charge < -0.3 is 10.2 Å². The Morgan fingerprint density at radius 3 is 2.23 bits per heavy atom. The Morgan fingerprint density at radius 1 is 1.09 bits per heavy atom. The topological polar surface area (TPSA) is 38.8 Å². The molecule has 2 rings (SSSR count). The van der Waals surface area contributed by atoms with E-state index in [2.05, 4.69) is 29.0 Å². The zero-order chi connectivity index (χ0) is 16.1. The van der Waals surface area contributed by atoms with Gasteiger partial charge in [0.2, 0.25) is 5.91 Å². The molecular weight excluding hydrogens is 276 g/mol. The van der Waals surface area contributed by atoms with Crippen molar-refractivity contribution < 1.29 is 4.79 Å². The molecule has 0 saturated carbocycles. The second-order valence-corrected chi connectivity index (χ2v) is 7.14. The van der Waals surface area contributed by atoms with E-state index < -0.39 is 0 Å². The van der Waals surface area contributed by atoms with Gasteiger partial charge in [-0.1, -0.05) is 6.92 Å². The smallest absolute Gasteiger partial charge is 0.226 e. The monoisotopic (exact) mass is 310 g/mol. The van der Waals surface area contributed by atoms with Crippen LogP contribution >= 0.6 is 0 Å². The zero-order valence-corrected chi connectivity index (χ0v) is 14.8. The fourth-order valence-electron chi connectivity index (χ4n) is 3.84. The molecular formula is C17H34N4O. The van der Waals surface area contributed by atoms with Gasteiger partial charge in [-0.15, -0.1) is 0 Å². The van der Waals surface area contributed by atoms with E-state index in [0.29, 0.717) is 5.91 Å². The quantitative estimate of drug-likeness (QED) is 0.790. The molecule has 2 aliphatic rings. The molecule has 0 aromatic carbocycles. The lowest BCUT2D eigenvalue weighted by molar-refractivity contribution is -0.136. The minimum absolute atomic E-state index is 0.0860. The van der Waals surface area contributed by atoms with Gasteiger partial charge in [-0.25, -0.2) is 0 Å². The largest absolute Gasteiger partial charge is 0.340 e. The Bertz CT molecular complexity index is 345. The van der Waals surface area contributed by atoms with E-state index in [1.807, 2.05) is 18.9 Å². The molecule has 1 N–H and O–H groups in total. The van der Waals surface area contributed by atoms with Crippen LogP contribution in [0.2, 0.25) is 0 Å². The van der Waals surface area contributed by atoms with E-state index in [-0.39, 0.29) is 5.92 Å². The van der Waals surface area contributed by atoms with Gasteiger partial charge in [0.1, 0.15) is 0 Å². The van der Waals surface area contributed by atoms with Crippen LogP contribution in [0.1, 0.15) is 33.6 Å². The molecule has 1 amide bonds. The third-order valence-electron chi connectivity index (χ3n) is 5.42. The number of piperazine rings is 1. The number of hydrogen-bond donors (Lipinski definition) is 1. The fourth-order valence-corrected chi connectivity index (χ4v) is 3.84. The van der Waals surface area contributed by atoms with Gasteiger partial charge in [0, 0.05) is 63.8 Å². The number of amides is 1. The molecule has 2 aliphatic heterocycles. The average molecular weight is 310 g/mol. The van der Waals surface area contributed by atoms with E-state index in [4.69, 9.17) is 0 Å². The number of carbonyl (C=O) groups excluding carboxylic acids is 1. The second-order valence-electron chi connectivity index (χ2n) is 7.14. The van der Waals surface area contributed by atoms with Crippen molar-refractivity contribution in [3.05, 3.63) is 0 Å². The van der Waals surface area contributed by atoms with Crippen molar-refractivity contribution in [2.45, 2.75) is 45.7 Å². The summed E-state index contributed by atoms with van der Waals surface area (Å²) in [5.41, 5.74) is 0. The number of hydrogen-bond acceptors (Lipinski definition) is 4. The standard InChI is InChI=1S/C17H34N4O/c1-14(13-18-4)17(22)20-10-7-19(8-11-20)9-12-21-15(2)5-6-16(21)3/h14-16,18H,5-13H2,1-4H3. The summed E-state index contributed by atoms with van der Waals surface area (Å²) in [7, 11) is 1.90. The van der Waals surface area contributed by atoms with Crippen molar-refractivity contribution in [3.8, 4) is 0 Å². The molecule has 128 valence electrons. The first-order valence-corrected chi connectivity index (χ1v) is 8.94. The van der Waals surface area contributed by atoms with Gasteiger partial charge in [0.25, 0.3) is 0 Å². The molecule has 0 aliphatic carbocycles. The summed E-state index contributed by atoms with van der Waals surface area (Å²) in [5.74, 6) is 0.388. The van der Waals surface area contributed by atoms with Crippen molar-refractivity contribution in [1.29, 1.82) is 0 Å². The van der Waals surface area contributed by atoms with E-state index >= 15 is 0 Å². The number of nitrogens with one attached hydrogen (secondary N) is 1. The third-order valence-corrected chi connectivity index (χ3v) is 5.42. The van der Waals surface area contributed by atoms with E-state index in [1.54, 1.807) is 0 Å². The minimum atomic E-state index is 0.0860. The molecule has 2 heterocycles. The summed E-state index contributed by atoms with van der Waals surface area (Å²) in [6.45, 7) is 13.6. The second kappa shape index (κ2) is 8.27. The summed E-state index contributed by atoms with van der Waals surface area (Å²) >= 11 is 0. The Morgan fingerprint density at radius 2 is 1.68 bits per heavy atom. The summed E-state index contributed by atoms with van der Waals surface area (Å²) in [6, 6.07) is 1.47. The Labute approximate surface area is 136 Å². The van der Waals surface area contributed by atoms with Crippen LogP contribution in [0.25, 0.3) is 0 Å². The molecule has 3 atom stereocenters. The van der Waals surface area contributed by atoms with Gasteiger partial charge in [-0.05, 0) is 33.7 Å². The molecule has 0 bridgehead atoms. The minimum Gasteiger partial charge on any atom is -0.340 e. The Kier molecular flexibility index (Phi) is 6.66. The van der Waals surface area contributed by atoms with Gasteiger partial charge in [-0.2, -0.15) is 0 Å². The molecule has 0 spiro atoms. The molecule has 0 radical (unpaired) electrons. The lowest BCUT2D eigenvalue weighted by Gasteiger charge is -2.37. The maximum atomic E-state index is 12.3. The van der Waals surface area contributed by atoms with E-state index in [9.17, 15) is 4.79 Å². The van der Waals surface area contributed by atoms with Gasteiger partial charge in [-0.3, -0.25) is 14.6 Å². The van der Waals surface area contributed by atoms with Gasteiger partial charge in [0.05, 0.1) is 0 Å². The first-order chi connectivity index (χ1) is 10.5. The summed E-state index contributed by atoms with van der Waals surface area (Å²) in [4.78, 5) is 19.5. The van der Waals surface area contributed by atoms with Crippen LogP contribution in [-0.4, -0.2) is 85.6 Å². The van der Waals surface area contributed by atoms with Crippen LogP contribution in [0.15, 0.2) is 0 Å². The van der Waals surface area contributed by atoms with Crippen LogP contribution in [0.3, 0.4) is 0 Å². The number of nitrogens with zero attached hydrogens (tertiary/aromatic N) is 3. The summed E-state index contributed by atoms with van der Waals surface area (Å²) < 4.78 is 0. The van der Waals surface area contributed by atoms with Crippen LogP contribution in [-0.2, 0) is 4.79 Å². The highest BCUT2D eigenvalue weighted by atomic mass is 16.2. The fraction of sp³-hybridized carbons (Fsp3) is 0.941. The van der Waals surface area contributed by atoms with Crippen molar-refractivity contribution >= 4 is 5.91 Å². The van der Waals surface area contributed by atoms with Crippen LogP contribution in [0.5, 0.6) is 0 Å². The maximum Gasteiger partial charge on any atom is 0.226 e.